The minimum absolute atomic E-state index is 0.0817. The number of carbonyl (C=O) groups excluding carboxylic acids is 2. The number of hydrogen-bond donors (Lipinski definition) is 0. The lowest BCUT2D eigenvalue weighted by Gasteiger charge is -2.19. The van der Waals surface area contributed by atoms with Gasteiger partial charge in [-0.15, -0.1) is 0 Å². The van der Waals surface area contributed by atoms with Crippen LogP contribution in [0.3, 0.4) is 0 Å². The van der Waals surface area contributed by atoms with Crippen molar-refractivity contribution in [3.63, 3.8) is 0 Å². The number of hydrogen-bond acceptors (Lipinski definition) is 6. The van der Waals surface area contributed by atoms with E-state index in [-0.39, 0.29) is 24.0 Å². The number of aromatic nitrogens is 1. The average molecular weight is 439 g/mol. The van der Waals surface area contributed by atoms with Crippen molar-refractivity contribution in [2.24, 2.45) is 10.9 Å². The Balaban J connectivity index is 2.00. The lowest BCUT2D eigenvalue weighted by molar-refractivity contribution is -0.143. The predicted octanol–water partition coefficient (Wildman–Crippen LogP) is 3.07. The van der Waals surface area contributed by atoms with Crippen LogP contribution in [0, 0.1) is 5.92 Å². The van der Waals surface area contributed by atoms with Gasteiger partial charge in [0.1, 0.15) is 6.54 Å². The molecule has 2 aromatic rings. The molecule has 3 rings (SSSR count). The molecule has 9 heteroatoms. The summed E-state index contributed by atoms with van der Waals surface area (Å²) in [7, 11) is -3.36. The Morgan fingerprint density at radius 1 is 1.24 bits per heavy atom. The van der Waals surface area contributed by atoms with E-state index >= 15 is 0 Å². The number of sulfone groups is 1. The van der Waals surface area contributed by atoms with E-state index in [1.807, 2.05) is 0 Å². The van der Waals surface area contributed by atoms with E-state index in [4.69, 9.17) is 4.74 Å². The maximum atomic E-state index is 12.6. The quantitative estimate of drug-likeness (QED) is 0.646. The molecule has 1 saturated carbocycles. The van der Waals surface area contributed by atoms with Gasteiger partial charge < -0.3 is 9.30 Å². The summed E-state index contributed by atoms with van der Waals surface area (Å²) in [4.78, 5) is 29.5. The van der Waals surface area contributed by atoms with Crippen molar-refractivity contribution in [2.45, 2.75) is 56.9 Å². The molecule has 0 N–H and O–H groups in total. The van der Waals surface area contributed by atoms with Gasteiger partial charge in [-0.1, -0.05) is 30.6 Å². The average Bonchev–Trinajstić information content (AvgIpc) is 2.98. The van der Waals surface area contributed by atoms with Crippen LogP contribution in [0.1, 0.15) is 45.4 Å². The molecule has 1 amide bonds. The summed E-state index contributed by atoms with van der Waals surface area (Å²) in [5.74, 6) is -0.269. The van der Waals surface area contributed by atoms with Crippen LogP contribution in [0.25, 0.3) is 10.2 Å². The Kier molecular flexibility index (Phi) is 6.89. The summed E-state index contributed by atoms with van der Waals surface area (Å²) in [5, 5.41) is 0. The molecule has 1 fully saturated rings. The zero-order valence-electron chi connectivity index (χ0n) is 16.7. The Morgan fingerprint density at radius 2 is 1.97 bits per heavy atom. The summed E-state index contributed by atoms with van der Waals surface area (Å²) in [5.41, 5.74) is 0.652. The monoisotopic (exact) mass is 438 g/mol. The molecule has 0 aliphatic heterocycles. The van der Waals surface area contributed by atoms with Gasteiger partial charge in [0.25, 0.3) is 0 Å². The molecule has 1 aliphatic rings. The van der Waals surface area contributed by atoms with E-state index in [1.54, 1.807) is 23.6 Å². The molecule has 1 aliphatic carbocycles. The zero-order chi connectivity index (χ0) is 21.0. The van der Waals surface area contributed by atoms with Crippen LogP contribution >= 0.6 is 11.3 Å². The highest BCUT2D eigenvalue weighted by atomic mass is 32.2. The molecule has 1 heterocycles. The van der Waals surface area contributed by atoms with Gasteiger partial charge in [0.15, 0.2) is 14.6 Å². The molecule has 0 unspecified atom stereocenters. The number of nitrogens with zero attached hydrogens (tertiary/aromatic N) is 2. The van der Waals surface area contributed by atoms with E-state index in [9.17, 15) is 18.0 Å². The van der Waals surface area contributed by atoms with Crippen LogP contribution in [-0.2, 0) is 30.7 Å². The third-order valence-electron chi connectivity index (χ3n) is 5.08. The van der Waals surface area contributed by atoms with Crippen LogP contribution in [0.5, 0.6) is 0 Å². The van der Waals surface area contributed by atoms with Gasteiger partial charge in [-0.05, 0) is 43.9 Å². The van der Waals surface area contributed by atoms with Gasteiger partial charge in [0.2, 0.25) is 5.91 Å². The first kappa shape index (κ1) is 21.7. The van der Waals surface area contributed by atoms with Crippen molar-refractivity contribution in [3.05, 3.63) is 23.0 Å². The SMILES string of the molecule is CCOC(=O)Cn1c(=NC(=O)CC2CCCCC2)sc2cc(S(C)(=O)=O)ccc21. The summed E-state index contributed by atoms with van der Waals surface area (Å²) < 4.78 is 31.1. The minimum atomic E-state index is -3.36. The molecule has 1 aromatic carbocycles. The van der Waals surface area contributed by atoms with Crippen LogP contribution in [0.15, 0.2) is 28.1 Å². The van der Waals surface area contributed by atoms with Crippen LogP contribution < -0.4 is 4.80 Å². The molecule has 29 heavy (non-hydrogen) atoms. The number of benzene rings is 1. The van der Waals surface area contributed by atoms with Crippen molar-refractivity contribution in [3.8, 4) is 0 Å². The maximum absolute atomic E-state index is 12.6. The molecule has 0 radical (unpaired) electrons. The first-order chi connectivity index (χ1) is 13.8. The maximum Gasteiger partial charge on any atom is 0.326 e. The molecular weight excluding hydrogens is 412 g/mol. The van der Waals surface area contributed by atoms with Gasteiger partial charge >= 0.3 is 5.97 Å². The van der Waals surface area contributed by atoms with Crippen molar-refractivity contribution >= 4 is 43.3 Å². The third kappa shape index (κ3) is 5.54. The zero-order valence-corrected chi connectivity index (χ0v) is 18.4. The molecule has 1 aromatic heterocycles. The predicted molar refractivity (Wildman–Crippen MR) is 111 cm³/mol. The Labute approximate surface area is 174 Å². The molecule has 0 bridgehead atoms. The second-order valence-electron chi connectivity index (χ2n) is 7.39. The van der Waals surface area contributed by atoms with Crippen LogP contribution in [0.2, 0.25) is 0 Å². The fourth-order valence-electron chi connectivity index (χ4n) is 3.65. The topological polar surface area (TPSA) is 94.8 Å². The van der Waals surface area contributed by atoms with Crippen molar-refractivity contribution in [2.75, 3.05) is 12.9 Å². The van der Waals surface area contributed by atoms with E-state index in [2.05, 4.69) is 4.99 Å². The fraction of sp³-hybridized carbons (Fsp3) is 0.550. The number of esters is 1. The first-order valence-corrected chi connectivity index (χ1v) is 12.6. The van der Waals surface area contributed by atoms with E-state index in [0.717, 1.165) is 31.9 Å². The second kappa shape index (κ2) is 9.21. The molecule has 0 spiro atoms. The normalized spacial score (nSPS) is 16.3. The number of thiazole rings is 1. The fourth-order valence-corrected chi connectivity index (χ4v) is 5.46. The lowest BCUT2D eigenvalue weighted by atomic mass is 9.87. The summed E-state index contributed by atoms with van der Waals surface area (Å²) >= 11 is 1.21. The molecule has 158 valence electrons. The van der Waals surface area contributed by atoms with Crippen molar-refractivity contribution in [1.82, 2.24) is 4.57 Å². The van der Waals surface area contributed by atoms with Crippen molar-refractivity contribution in [1.29, 1.82) is 0 Å². The molecule has 7 nitrogen and oxygen atoms in total. The summed E-state index contributed by atoms with van der Waals surface area (Å²) in [6.45, 7) is 1.90. The van der Waals surface area contributed by atoms with Gasteiger partial charge in [-0.3, -0.25) is 9.59 Å². The number of amides is 1. The summed E-state index contributed by atoms with van der Waals surface area (Å²) in [6.07, 6.45) is 7.17. The first-order valence-electron chi connectivity index (χ1n) is 9.84. The number of fused-ring (bicyclic) bond motifs is 1. The van der Waals surface area contributed by atoms with E-state index in [0.29, 0.717) is 27.4 Å². The Morgan fingerprint density at radius 3 is 2.62 bits per heavy atom. The highest BCUT2D eigenvalue weighted by molar-refractivity contribution is 7.90. The Hall–Kier alpha value is -2.00. The van der Waals surface area contributed by atoms with E-state index in [1.165, 1.54) is 23.8 Å². The van der Waals surface area contributed by atoms with E-state index < -0.39 is 15.8 Å². The lowest BCUT2D eigenvalue weighted by Crippen LogP contribution is -2.23. The summed E-state index contributed by atoms with van der Waals surface area (Å²) in [6, 6.07) is 4.70. The largest absolute Gasteiger partial charge is 0.465 e. The number of carbonyl (C=O) groups is 2. The van der Waals surface area contributed by atoms with Gasteiger partial charge in [0, 0.05) is 12.7 Å². The molecule has 0 saturated heterocycles. The van der Waals surface area contributed by atoms with Crippen molar-refractivity contribution < 1.29 is 22.7 Å². The van der Waals surface area contributed by atoms with Gasteiger partial charge in [-0.2, -0.15) is 4.99 Å². The smallest absolute Gasteiger partial charge is 0.326 e. The molecule has 0 atom stereocenters. The highest BCUT2D eigenvalue weighted by Gasteiger charge is 2.18. The third-order valence-corrected chi connectivity index (χ3v) is 7.23. The highest BCUT2D eigenvalue weighted by Crippen LogP contribution is 2.27. The van der Waals surface area contributed by atoms with Crippen LogP contribution in [0.4, 0.5) is 0 Å². The van der Waals surface area contributed by atoms with Gasteiger partial charge in [0.05, 0.1) is 21.7 Å². The van der Waals surface area contributed by atoms with Gasteiger partial charge in [-0.25, -0.2) is 8.42 Å². The number of ether oxygens (including phenoxy) is 1. The Bertz CT molecular complexity index is 1080. The van der Waals surface area contributed by atoms with Crippen LogP contribution in [-0.4, -0.2) is 37.7 Å². The molecular formula is C20H26N2O5S2. The second-order valence-corrected chi connectivity index (χ2v) is 10.4. The standard InChI is InChI=1S/C20H26N2O5S2/c1-3-27-19(24)13-22-16-10-9-15(29(2,25)26)12-17(16)28-20(22)21-18(23)11-14-7-5-4-6-8-14/h9-10,12,14H,3-8,11,13H2,1-2H3. The minimum Gasteiger partial charge on any atom is -0.465 e. The number of rotatable bonds is 6.